The van der Waals surface area contributed by atoms with E-state index >= 15 is 0 Å². The van der Waals surface area contributed by atoms with Crippen LogP contribution < -0.4 is 14.4 Å². The number of nitrogens with one attached hydrogen (secondary N) is 1. The minimum Gasteiger partial charge on any atom is -0.495 e. The van der Waals surface area contributed by atoms with E-state index in [0.717, 1.165) is 9.87 Å². The van der Waals surface area contributed by atoms with Crippen molar-refractivity contribution in [1.29, 1.82) is 0 Å². The molecule has 3 aromatic rings. The van der Waals surface area contributed by atoms with Crippen LogP contribution in [0.3, 0.4) is 0 Å². The fourth-order valence-electron chi connectivity index (χ4n) is 3.87. The van der Waals surface area contributed by atoms with E-state index in [9.17, 15) is 18.0 Å². The van der Waals surface area contributed by atoms with Gasteiger partial charge in [0.2, 0.25) is 11.8 Å². The minimum absolute atomic E-state index is 0.0188. The van der Waals surface area contributed by atoms with Crippen molar-refractivity contribution in [1.82, 2.24) is 10.2 Å². The molecule has 8 nitrogen and oxygen atoms in total. The zero-order valence-electron chi connectivity index (χ0n) is 22.1. The number of hydrogen-bond acceptors (Lipinski definition) is 5. The standard InChI is InChI=1S/C28H31Cl2N3O5S/c1-19(2)31-28(35)20(3)32(17-21-10-12-22(29)13-11-21)27(34)18-33(25-16-23(30)14-15-26(25)38-4)39(36,37)24-8-6-5-7-9-24/h5-16,19-20H,17-18H2,1-4H3,(H,31,35)/t20-/m0/s1. The number of amides is 2. The molecule has 0 saturated heterocycles. The number of anilines is 1. The molecule has 0 bridgehead atoms. The SMILES string of the molecule is COc1ccc(Cl)cc1N(CC(=O)N(Cc1ccc(Cl)cc1)[C@@H](C)C(=O)NC(C)C)S(=O)(=O)c1ccccc1. The molecule has 0 saturated carbocycles. The first-order valence-corrected chi connectivity index (χ1v) is 14.4. The number of methoxy groups -OCH3 is 1. The van der Waals surface area contributed by atoms with Gasteiger partial charge in [0, 0.05) is 22.6 Å². The average molecular weight is 593 g/mol. The predicted octanol–water partition coefficient (Wildman–Crippen LogP) is 5.14. The Kier molecular flexibility index (Phi) is 10.2. The molecule has 1 N–H and O–H groups in total. The number of carbonyl (C=O) groups is 2. The molecule has 11 heteroatoms. The van der Waals surface area contributed by atoms with E-state index in [4.69, 9.17) is 27.9 Å². The van der Waals surface area contributed by atoms with Crippen molar-refractivity contribution in [3.63, 3.8) is 0 Å². The third-order valence-corrected chi connectivity index (χ3v) is 8.15. The molecule has 3 aromatic carbocycles. The Morgan fingerprint density at radius 3 is 2.13 bits per heavy atom. The van der Waals surface area contributed by atoms with Crippen LogP contribution in [0, 0.1) is 0 Å². The van der Waals surface area contributed by atoms with Crippen molar-refractivity contribution in [2.45, 2.75) is 44.3 Å². The van der Waals surface area contributed by atoms with Crippen LogP contribution in [0.15, 0.2) is 77.7 Å². The van der Waals surface area contributed by atoms with E-state index < -0.39 is 28.5 Å². The minimum atomic E-state index is -4.25. The van der Waals surface area contributed by atoms with Crippen molar-refractivity contribution in [3.05, 3.63) is 88.4 Å². The molecule has 208 valence electrons. The van der Waals surface area contributed by atoms with Gasteiger partial charge in [0.1, 0.15) is 18.3 Å². The molecule has 0 spiro atoms. The summed E-state index contributed by atoms with van der Waals surface area (Å²) in [4.78, 5) is 28.2. The molecule has 0 aromatic heterocycles. The third kappa shape index (κ3) is 7.65. The Labute approximate surface area is 239 Å². The van der Waals surface area contributed by atoms with Crippen molar-refractivity contribution < 1.29 is 22.7 Å². The monoisotopic (exact) mass is 591 g/mol. The molecule has 0 radical (unpaired) electrons. The summed E-state index contributed by atoms with van der Waals surface area (Å²) in [6.07, 6.45) is 0. The third-order valence-electron chi connectivity index (χ3n) is 5.88. The van der Waals surface area contributed by atoms with Crippen molar-refractivity contribution in [2.24, 2.45) is 0 Å². The van der Waals surface area contributed by atoms with Gasteiger partial charge in [-0.15, -0.1) is 0 Å². The fraction of sp³-hybridized carbons (Fsp3) is 0.286. The molecule has 0 heterocycles. The first kappa shape index (κ1) is 30.3. The van der Waals surface area contributed by atoms with Gasteiger partial charge in [0.15, 0.2) is 0 Å². The molecule has 3 rings (SSSR count). The topological polar surface area (TPSA) is 96.0 Å². The van der Waals surface area contributed by atoms with Crippen LogP contribution in [0.5, 0.6) is 5.75 Å². The van der Waals surface area contributed by atoms with Crippen LogP contribution in [-0.2, 0) is 26.2 Å². The summed E-state index contributed by atoms with van der Waals surface area (Å²) in [6, 6.07) is 18.1. The average Bonchev–Trinajstić information content (AvgIpc) is 2.90. The highest BCUT2D eigenvalue weighted by molar-refractivity contribution is 7.92. The summed E-state index contributed by atoms with van der Waals surface area (Å²) in [5.74, 6) is -0.760. The molecular formula is C28H31Cl2N3O5S. The molecule has 0 aliphatic heterocycles. The lowest BCUT2D eigenvalue weighted by atomic mass is 10.1. The first-order valence-electron chi connectivity index (χ1n) is 12.2. The molecule has 0 aliphatic carbocycles. The van der Waals surface area contributed by atoms with Crippen LogP contribution in [0.25, 0.3) is 0 Å². The maximum atomic E-state index is 13.9. The van der Waals surface area contributed by atoms with Crippen molar-refractivity contribution >= 4 is 50.7 Å². The highest BCUT2D eigenvalue weighted by Gasteiger charge is 2.34. The lowest BCUT2D eigenvalue weighted by Crippen LogP contribution is -2.52. The van der Waals surface area contributed by atoms with Gasteiger partial charge in [-0.25, -0.2) is 8.42 Å². The van der Waals surface area contributed by atoms with E-state index in [0.29, 0.717) is 5.02 Å². The van der Waals surface area contributed by atoms with Gasteiger partial charge in [-0.1, -0.05) is 53.5 Å². The molecule has 0 unspecified atom stereocenters. The maximum Gasteiger partial charge on any atom is 0.264 e. The van der Waals surface area contributed by atoms with Gasteiger partial charge in [0.25, 0.3) is 10.0 Å². The smallest absolute Gasteiger partial charge is 0.264 e. The largest absolute Gasteiger partial charge is 0.495 e. The second-order valence-electron chi connectivity index (χ2n) is 9.13. The molecule has 1 atom stereocenters. The van der Waals surface area contributed by atoms with E-state index in [1.165, 1.54) is 36.3 Å². The maximum absolute atomic E-state index is 13.9. The van der Waals surface area contributed by atoms with Gasteiger partial charge in [0.05, 0.1) is 17.7 Å². The second kappa shape index (κ2) is 13.2. The van der Waals surface area contributed by atoms with Crippen LogP contribution in [0.1, 0.15) is 26.3 Å². The molecule has 2 amide bonds. The molecule has 0 aliphatic rings. The molecular weight excluding hydrogens is 561 g/mol. The van der Waals surface area contributed by atoms with Gasteiger partial charge in [-0.05, 0) is 68.8 Å². The Balaban J connectivity index is 2.08. The van der Waals surface area contributed by atoms with Crippen molar-refractivity contribution in [3.8, 4) is 5.75 Å². The number of carbonyl (C=O) groups excluding carboxylic acids is 2. The highest BCUT2D eigenvalue weighted by Crippen LogP contribution is 2.35. The van der Waals surface area contributed by atoms with E-state index in [2.05, 4.69) is 5.32 Å². The summed E-state index contributed by atoms with van der Waals surface area (Å²) < 4.78 is 34.1. The number of hydrogen-bond donors (Lipinski definition) is 1. The second-order valence-corrected chi connectivity index (χ2v) is 11.9. The number of halogens is 2. The molecule has 0 fully saturated rings. The number of rotatable bonds is 11. The Hall–Kier alpha value is -3.27. The first-order chi connectivity index (χ1) is 18.4. The predicted molar refractivity (Wildman–Crippen MR) is 154 cm³/mol. The number of sulfonamides is 1. The summed E-state index contributed by atoms with van der Waals surface area (Å²) in [7, 11) is -2.85. The zero-order valence-corrected chi connectivity index (χ0v) is 24.4. The Morgan fingerprint density at radius 2 is 1.54 bits per heavy atom. The Bertz CT molecular complexity index is 1400. The highest BCUT2D eigenvalue weighted by atomic mass is 35.5. The van der Waals surface area contributed by atoms with Crippen LogP contribution in [0.4, 0.5) is 5.69 Å². The van der Waals surface area contributed by atoms with Gasteiger partial charge in [-0.2, -0.15) is 0 Å². The van der Waals surface area contributed by atoms with Crippen LogP contribution in [-0.4, -0.2) is 50.9 Å². The Morgan fingerprint density at radius 1 is 0.923 bits per heavy atom. The van der Waals surface area contributed by atoms with Gasteiger partial charge >= 0.3 is 0 Å². The lowest BCUT2D eigenvalue weighted by molar-refractivity contribution is -0.139. The fourth-order valence-corrected chi connectivity index (χ4v) is 5.60. The zero-order chi connectivity index (χ0) is 28.7. The number of nitrogens with zero attached hydrogens (tertiary/aromatic N) is 2. The van der Waals surface area contributed by atoms with Crippen LogP contribution >= 0.6 is 23.2 Å². The molecule has 39 heavy (non-hydrogen) atoms. The lowest BCUT2D eigenvalue weighted by Gasteiger charge is -2.32. The van der Waals surface area contributed by atoms with Crippen LogP contribution in [0.2, 0.25) is 10.0 Å². The van der Waals surface area contributed by atoms with Gasteiger partial charge < -0.3 is 15.0 Å². The van der Waals surface area contributed by atoms with E-state index in [1.807, 2.05) is 13.8 Å². The van der Waals surface area contributed by atoms with Gasteiger partial charge in [-0.3, -0.25) is 13.9 Å². The summed E-state index contributed by atoms with van der Waals surface area (Å²) in [5, 5.41) is 3.60. The van der Waals surface area contributed by atoms with E-state index in [-0.39, 0.29) is 39.8 Å². The normalized spacial score (nSPS) is 12.1. The number of ether oxygens (including phenoxy) is 1. The number of benzene rings is 3. The summed E-state index contributed by atoms with van der Waals surface area (Å²) in [5.41, 5.74) is 0.808. The quantitative estimate of drug-likeness (QED) is 0.333. The van der Waals surface area contributed by atoms with E-state index in [1.54, 1.807) is 55.5 Å². The van der Waals surface area contributed by atoms with Crippen molar-refractivity contribution in [2.75, 3.05) is 18.0 Å². The summed E-state index contributed by atoms with van der Waals surface area (Å²) >= 11 is 12.3. The summed E-state index contributed by atoms with van der Waals surface area (Å²) in [6.45, 7) is 4.67.